The van der Waals surface area contributed by atoms with E-state index in [2.05, 4.69) is 10.7 Å². The number of amides is 1. The zero-order valence-corrected chi connectivity index (χ0v) is 16.0. The van der Waals surface area contributed by atoms with Crippen molar-refractivity contribution in [1.29, 1.82) is 0 Å². The Morgan fingerprint density at radius 3 is 2.48 bits per heavy atom. The van der Waals surface area contributed by atoms with E-state index < -0.39 is 5.41 Å². The first-order valence-electron chi connectivity index (χ1n) is 9.28. The third-order valence-electron chi connectivity index (χ3n) is 7.00. The van der Waals surface area contributed by atoms with Gasteiger partial charge in [0.25, 0.3) is 0 Å². The molecule has 1 N–H and O–H groups in total. The fourth-order valence-corrected chi connectivity index (χ4v) is 6.63. The molecule has 2 atom stereocenters. The maximum absolute atomic E-state index is 13.0. The summed E-state index contributed by atoms with van der Waals surface area (Å²) in [6.07, 6.45) is 5.00. The van der Waals surface area contributed by atoms with Gasteiger partial charge >= 0.3 is 5.97 Å². The van der Waals surface area contributed by atoms with Crippen LogP contribution < -0.4 is 5.32 Å². The largest absolute Gasteiger partial charge is 0.469 e. The smallest absolute Gasteiger partial charge is 0.311 e. The Morgan fingerprint density at radius 2 is 1.92 bits per heavy atom. The molecule has 4 aliphatic rings. The molecule has 5 rings (SSSR count). The van der Waals surface area contributed by atoms with Crippen molar-refractivity contribution in [2.45, 2.75) is 57.4 Å². The third-order valence-corrected chi connectivity index (χ3v) is 7.68. The van der Waals surface area contributed by atoms with Crippen LogP contribution in [0, 0.1) is 23.2 Å². The molecule has 0 radical (unpaired) electrons. The molecule has 4 aliphatic carbocycles. The predicted octanol–water partition coefficient (Wildman–Crippen LogP) is 3.51. The Kier molecular flexibility index (Phi) is 3.98. The minimum absolute atomic E-state index is 0.0321. The van der Waals surface area contributed by atoms with Crippen molar-refractivity contribution >= 4 is 23.2 Å². The quantitative estimate of drug-likeness (QED) is 0.835. The van der Waals surface area contributed by atoms with Crippen LogP contribution in [0.2, 0.25) is 0 Å². The van der Waals surface area contributed by atoms with Gasteiger partial charge < -0.3 is 10.1 Å². The molecule has 1 amide bonds. The lowest BCUT2D eigenvalue weighted by Gasteiger charge is -2.58. The number of nitrogens with one attached hydrogen (secondary N) is 1. The van der Waals surface area contributed by atoms with Gasteiger partial charge in [0, 0.05) is 6.04 Å². The van der Waals surface area contributed by atoms with Crippen LogP contribution in [0.3, 0.4) is 0 Å². The first kappa shape index (κ1) is 17.1. The SMILES string of the molecule is COC(=O)C12CC3CC(C1)C(NC(=O)C(C)(C)c1ccsc1)C(C3)C2. The number of thiophene rings is 1. The van der Waals surface area contributed by atoms with Crippen molar-refractivity contribution < 1.29 is 14.3 Å². The highest BCUT2D eigenvalue weighted by atomic mass is 32.1. The molecule has 25 heavy (non-hydrogen) atoms. The van der Waals surface area contributed by atoms with E-state index in [1.165, 1.54) is 7.11 Å². The summed E-state index contributed by atoms with van der Waals surface area (Å²) in [4.78, 5) is 25.4. The minimum atomic E-state index is -0.519. The van der Waals surface area contributed by atoms with Crippen molar-refractivity contribution in [1.82, 2.24) is 5.32 Å². The molecular formula is C20H27NO3S. The molecule has 136 valence electrons. The minimum Gasteiger partial charge on any atom is -0.469 e. The van der Waals surface area contributed by atoms with E-state index in [1.807, 2.05) is 25.3 Å². The molecule has 2 unspecified atom stereocenters. The topological polar surface area (TPSA) is 55.4 Å². The molecule has 1 heterocycles. The van der Waals surface area contributed by atoms with Crippen molar-refractivity contribution in [2.24, 2.45) is 23.2 Å². The van der Waals surface area contributed by atoms with Gasteiger partial charge in [-0.2, -0.15) is 11.3 Å². The van der Waals surface area contributed by atoms with Crippen LogP contribution >= 0.6 is 11.3 Å². The second-order valence-corrected chi connectivity index (χ2v) is 9.66. The molecule has 4 bridgehead atoms. The van der Waals surface area contributed by atoms with Crippen LogP contribution in [-0.2, 0) is 19.7 Å². The number of methoxy groups -OCH3 is 1. The van der Waals surface area contributed by atoms with Crippen molar-refractivity contribution in [3.63, 3.8) is 0 Å². The monoisotopic (exact) mass is 361 g/mol. The standard InChI is InChI=1S/C20H27NO3S/c1-19(2,15-4-5-25-11-15)17(22)21-16-13-6-12-7-14(16)10-20(8-12,9-13)18(23)24-3/h4-5,11-14,16H,6-10H2,1-3H3,(H,21,22). The normalized spacial score (nSPS) is 36.3. The zero-order valence-electron chi connectivity index (χ0n) is 15.2. The Hall–Kier alpha value is -1.36. The molecule has 1 aromatic rings. The summed E-state index contributed by atoms with van der Waals surface area (Å²) >= 11 is 1.63. The van der Waals surface area contributed by atoms with E-state index in [1.54, 1.807) is 11.3 Å². The second kappa shape index (κ2) is 5.83. The summed E-state index contributed by atoms with van der Waals surface area (Å²) in [5, 5.41) is 7.46. The van der Waals surface area contributed by atoms with Crippen LogP contribution in [0.15, 0.2) is 16.8 Å². The molecule has 0 saturated heterocycles. The first-order valence-corrected chi connectivity index (χ1v) is 10.2. The van der Waals surface area contributed by atoms with E-state index in [-0.39, 0.29) is 23.3 Å². The van der Waals surface area contributed by atoms with Gasteiger partial charge in [0.1, 0.15) is 0 Å². The molecule has 0 spiro atoms. The number of ether oxygens (including phenoxy) is 1. The van der Waals surface area contributed by atoms with E-state index in [0.29, 0.717) is 17.8 Å². The van der Waals surface area contributed by atoms with Crippen LogP contribution in [-0.4, -0.2) is 25.0 Å². The maximum Gasteiger partial charge on any atom is 0.311 e. The van der Waals surface area contributed by atoms with Gasteiger partial charge in [-0.15, -0.1) is 0 Å². The van der Waals surface area contributed by atoms with Gasteiger partial charge in [0.2, 0.25) is 5.91 Å². The van der Waals surface area contributed by atoms with E-state index in [4.69, 9.17) is 4.74 Å². The highest BCUT2D eigenvalue weighted by Crippen LogP contribution is 2.60. The number of esters is 1. The Labute approximate surface area is 153 Å². The van der Waals surface area contributed by atoms with Crippen LogP contribution in [0.4, 0.5) is 0 Å². The number of carbonyl (C=O) groups is 2. The van der Waals surface area contributed by atoms with Gasteiger partial charge in [0.15, 0.2) is 0 Å². The summed E-state index contributed by atoms with van der Waals surface area (Å²) in [6.45, 7) is 3.99. The van der Waals surface area contributed by atoms with Gasteiger partial charge in [-0.25, -0.2) is 0 Å². The number of hydrogen-bond donors (Lipinski definition) is 1. The Balaban J connectivity index is 1.52. The Morgan fingerprint density at radius 1 is 1.24 bits per heavy atom. The summed E-state index contributed by atoms with van der Waals surface area (Å²) in [5.74, 6) is 1.51. The molecule has 0 aromatic carbocycles. The molecule has 4 fully saturated rings. The summed E-state index contributed by atoms with van der Waals surface area (Å²) in [7, 11) is 1.50. The van der Waals surface area contributed by atoms with Gasteiger partial charge in [-0.3, -0.25) is 9.59 Å². The molecule has 1 aromatic heterocycles. The third kappa shape index (κ3) is 2.62. The van der Waals surface area contributed by atoms with Gasteiger partial charge in [-0.05, 0) is 86.1 Å². The second-order valence-electron chi connectivity index (χ2n) is 8.88. The molecule has 5 heteroatoms. The highest BCUT2D eigenvalue weighted by molar-refractivity contribution is 7.08. The van der Waals surface area contributed by atoms with Crippen LogP contribution in [0.25, 0.3) is 0 Å². The first-order chi connectivity index (χ1) is 11.9. The molecule has 4 nitrogen and oxygen atoms in total. The Bertz CT molecular complexity index is 665. The number of rotatable bonds is 4. The fourth-order valence-electron chi connectivity index (χ4n) is 5.81. The predicted molar refractivity (Wildman–Crippen MR) is 97.3 cm³/mol. The van der Waals surface area contributed by atoms with Gasteiger partial charge in [0.05, 0.1) is 17.9 Å². The molecule has 0 aliphatic heterocycles. The van der Waals surface area contributed by atoms with Crippen molar-refractivity contribution in [3.05, 3.63) is 22.4 Å². The fraction of sp³-hybridized carbons (Fsp3) is 0.700. The average Bonchev–Trinajstić information content (AvgIpc) is 3.11. The lowest BCUT2D eigenvalue weighted by molar-refractivity contribution is -0.171. The van der Waals surface area contributed by atoms with E-state index in [0.717, 1.165) is 37.7 Å². The van der Waals surface area contributed by atoms with Crippen LogP contribution in [0.1, 0.15) is 51.5 Å². The lowest BCUT2D eigenvalue weighted by Crippen LogP contribution is -2.62. The van der Waals surface area contributed by atoms with Gasteiger partial charge in [-0.1, -0.05) is 0 Å². The summed E-state index contributed by atoms with van der Waals surface area (Å²) < 4.78 is 5.13. The number of hydrogen-bond acceptors (Lipinski definition) is 4. The van der Waals surface area contributed by atoms with Crippen LogP contribution in [0.5, 0.6) is 0 Å². The average molecular weight is 362 g/mol. The maximum atomic E-state index is 13.0. The van der Waals surface area contributed by atoms with Crippen molar-refractivity contribution in [2.75, 3.05) is 7.11 Å². The lowest BCUT2D eigenvalue weighted by atomic mass is 9.48. The van der Waals surface area contributed by atoms with E-state index >= 15 is 0 Å². The van der Waals surface area contributed by atoms with Crippen molar-refractivity contribution in [3.8, 4) is 0 Å². The molecule has 4 saturated carbocycles. The summed E-state index contributed by atoms with van der Waals surface area (Å²) in [6, 6.07) is 2.24. The molecular weight excluding hydrogens is 334 g/mol. The summed E-state index contributed by atoms with van der Waals surface area (Å²) in [5.41, 5.74) is 0.272. The highest BCUT2D eigenvalue weighted by Gasteiger charge is 2.59. The number of carbonyl (C=O) groups excluding carboxylic acids is 2. The van der Waals surface area contributed by atoms with E-state index in [9.17, 15) is 9.59 Å². The zero-order chi connectivity index (χ0) is 17.8.